The van der Waals surface area contributed by atoms with E-state index in [9.17, 15) is 18.0 Å². The van der Waals surface area contributed by atoms with Crippen LogP contribution in [-0.2, 0) is 27.1 Å². The second kappa shape index (κ2) is 9.78. The molecule has 9 heteroatoms. The second-order valence-corrected chi connectivity index (χ2v) is 10.4. The third-order valence-corrected chi connectivity index (χ3v) is 8.03. The summed E-state index contributed by atoms with van der Waals surface area (Å²) in [6.07, 6.45) is 2.45. The lowest BCUT2D eigenvalue weighted by Crippen LogP contribution is -2.52. The number of halogens is 3. The van der Waals surface area contributed by atoms with Crippen molar-refractivity contribution in [3.63, 3.8) is 0 Å². The number of alkyl halides is 3. The van der Waals surface area contributed by atoms with Crippen molar-refractivity contribution in [2.24, 2.45) is 5.92 Å². The number of nitrogens with zero attached hydrogens (tertiary/aromatic N) is 2. The number of benzene rings is 1. The standard InChI is InChI=1S/C27H27F3N2O3S/c1-31-20(15-32-13-19(14-32)26(33)34-2)10-18-11-21(8-9-24(18)31)35-16-22-12-23(17-6-4-3-5-7-17)25(36-22)27(28,29)30/h3-8,10-12,19,24H,9,13-16H2,1-2H3. The Kier molecular flexibility index (Phi) is 6.70. The van der Waals surface area contributed by atoms with E-state index in [2.05, 4.69) is 22.9 Å². The molecule has 0 bridgehead atoms. The largest absolute Gasteiger partial charge is 0.488 e. The molecule has 1 atom stereocenters. The Morgan fingerprint density at radius 1 is 1.17 bits per heavy atom. The minimum atomic E-state index is -4.42. The van der Waals surface area contributed by atoms with Gasteiger partial charge in [0.1, 0.15) is 17.2 Å². The summed E-state index contributed by atoms with van der Waals surface area (Å²) in [7, 11) is 3.47. The van der Waals surface area contributed by atoms with E-state index in [1.54, 1.807) is 36.4 Å². The molecule has 3 heterocycles. The Balaban J connectivity index is 1.24. The third kappa shape index (κ3) is 4.95. The fourth-order valence-corrected chi connectivity index (χ4v) is 5.87. The van der Waals surface area contributed by atoms with Gasteiger partial charge in [0.25, 0.3) is 0 Å². The first-order chi connectivity index (χ1) is 17.2. The Hall–Kier alpha value is -3.04. The van der Waals surface area contributed by atoms with Crippen LogP contribution in [0.5, 0.6) is 0 Å². The maximum Gasteiger partial charge on any atom is 0.426 e. The van der Waals surface area contributed by atoms with E-state index in [1.807, 2.05) is 12.2 Å². The molecule has 2 aromatic rings. The number of likely N-dealkylation sites (tertiary alicyclic amines) is 1. The number of fused-ring (bicyclic) bond motifs is 1. The molecule has 0 radical (unpaired) electrons. The van der Waals surface area contributed by atoms with E-state index in [0.29, 0.717) is 29.3 Å². The minimum Gasteiger partial charge on any atom is -0.488 e. The van der Waals surface area contributed by atoms with Crippen molar-refractivity contribution < 1.29 is 27.4 Å². The maximum absolute atomic E-state index is 13.7. The number of rotatable bonds is 7. The van der Waals surface area contributed by atoms with Gasteiger partial charge in [-0.05, 0) is 41.9 Å². The number of carbonyl (C=O) groups is 1. The second-order valence-electron chi connectivity index (χ2n) is 9.27. The van der Waals surface area contributed by atoms with Gasteiger partial charge in [0.05, 0.1) is 19.1 Å². The number of ether oxygens (including phenoxy) is 2. The fraction of sp³-hybridized carbons (Fsp3) is 0.370. The van der Waals surface area contributed by atoms with Gasteiger partial charge in [-0.3, -0.25) is 9.69 Å². The number of methoxy groups -OCH3 is 1. The van der Waals surface area contributed by atoms with E-state index in [-0.39, 0.29) is 30.1 Å². The van der Waals surface area contributed by atoms with Crippen LogP contribution in [0.15, 0.2) is 71.7 Å². The topological polar surface area (TPSA) is 42.0 Å². The van der Waals surface area contributed by atoms with Gasteiger partial charge >= 0.3 is 12.1 Å². The van der Waals surface area contributed by atoms with Crippen LogP contribution in [0.4, 0.5) is 13.2 Å². The fourth-order valence-electron chi connectivity index (χ4n) is 4.91. The lowest BCUT2D eigenvalue weighted by Gasteiger charge is -2.39. The number of likely N-dealkylation sites (N-methyl/N-ethyl adjacent to an activating group) is 1. The highest BCUT2D eigenvalue weighted by molar-refractivity contribution is 7.12. The van der Waals surface area contributed by atoms with Gasteiger partial charge in [0.15, 0.2) is 0 Å². The zero-order valence-corrected chi connectivity index (χ0v) is 20.9. The molecular formula is C27H27F3N2O3S. The molecule has 5 rings (SSSR count). The third-order valence-electron chi connectivity index (χ3n) is 6.87. The Labute approximate surface area is 212 Å². The molecule has 1 aromatic heterocycles. The molecule has 5 nitrogen and oxygen atoms in total. The van der Waals surface area contributed by atoms with Crippen LogP contribution >= 0.6 is 11.3 Å². The van der Waals surface area contributed by atoms with Crippen molar-refractivity contribution in [3.8, 4) is 11.1 Å². The molecule has 1 saturated heterocycles. The SMILES string of the molecule is COC(=O)C1CN(CC2=CC3=CC(OCc4cc(-c5ccccc5)c(C(F)(F)F)s4)=CCC3N2C)C1. The molecule has 1 aromatic carbocycles. The number of allylic oxidation sites excluding steroid dienone is 1. The highest BCUT2D eigenvalue weighted by Gasteiger charge is 2.37. The average molecular weight is 517 g/mol. The first-order valence-electron chi connectivity index (χ1n) is 11.8. The molecule has 0 N–H and O–H groups in total. The zero-order chi connectivity index (χ0) is 25.4. The predicted molar refractivity (Wildman–Crippen MR) is 132 cm³/mol. The van der Waals surface area contributed by atoms with Crippen LogP contribution in [-0.4, -0.2) is 55.6 Å². The summed E-state index contributed by atoms with van der Waals surface area (Å²) < 4.78 is 51.8. The Bertz CT molecular complexity index is 1230. The zero-order valence-electron chi connectivity index (χ0n) is 20.0. The summed E-state index contributed by atoms with van der Waals surface area (Å²) in [5.74, 6) is 0.458. The van der Waals surface area contributed by atoms with Gasteiger partial charge in [0, 0.05) is 42.8 Å². The van der Waals surface area contributed by atoms with E-state index in [1.165, 1.54) is 12.8 Å². The van der Waals surface area contributed by atoms with Gasteiger partial charge < -0.3 is 14.4 Å². The lowest BCUT2D eigenvalue weighted by molar-refractivity contribution is -0.151. The van der Waals surface area contributed by atoms with E-state index in [4.69, 9.17) is 9.47 Å². The van der Waals surface area contributed by atoms with Gasteiger partial charge in [-0.2, -0.15) is 13.2 Å². The normalized spacial score (nSPS) is 20.3. The molecule has 0 spiro atoms. The minimum absolute atomic E-state index is 0.0528. The van der Waals surface area contributed by atoms with Gasteiger partial charge in [-0.15, -0.1) is 11.3 Å². The molecule has 2 aliphatic heterocycles. The van der Waals surface area contributed by atoms with Gasteiger partial charge in [-0.25, -0.2) is 0 Å². The maximum atomic E-state index is 13.7. The van der Waals surface area contributed by atoms with Gasteiger partial charge in [-0.1, -0.05) is 30.3 Å². The molecule has 3 aliphatic rings. The molecule has 1 fully saturated rings. The Morgan fingerprint density at radius 3 is 2.61 bits per heavy atom. The molecular weight excluding hydrogens is 489 g/mol. The summed E-state index contributed by atoms with van der Waals surface area (Å²) in [5, 5.41) is 0. The van der Waals surface area contributed by atoms with Crippen molar-refractivity contribution in [3.05, 3.63) is 81.4 Å². The summed E-state index contributed by atoms with van der Waals surface area (Å²) in [5.41, 5.74) is 3.03. The van der Waals surface area contributed by atoms with Gasteiger partial charge in [0.2, 0.25) is 0 Å². The molecule has 1 aliphatic carbocycles. The molecule has 0 amide bonds. The molecule has 190 valence electrons. The Morgan fingerprint density at radius 2 is 1.92 bits per heavy atom. The van der Waals surface area contributed by atoms with Crippen molar-refractivity contribution in [2.45, 2.75) is 25.2 Å². The van der Waals surface area contributed by atoms with Crippen LogP contribution in [0.25, 0.3) is 11.1 Å². The smallest absolute Gasteiger partial charge is 0.426 e. The van der Waals surface area contributed by atoms with Crippen LogP contribution in [0.2, 0.25) is 0 Å². The highest BCUT2D eigenvalue weighted by atomic mass is 32.1. The highest BCUT2D eigenvalue weighted by Crippen LogP contribution is 2.43. The quantitative estimate of drug-likeness (QED) is 0.457. The average Bonchev–Trinajstić information content (AvgIpc) is 3.41. The summed E-state index contributed by atoms with van der Waals surface area (Å²) in [4.78, 5) is 16.0. The first-order valence-corrected chi connectivity index (χ1v) is 12.6. The van der Waals surface area contributed by atoms with Crippen LogP contribution in [0.3, 0.4) is 0 Å². The molecule has 1 unspecified atom stereocenters. The van der Waals surface area contributed by atoms with E-state index in [0.717, 1.165) is 29.9 Å². The van der Waals surface area contributed by atoms with Crippen LogP contribution in [0, 0.1) is 5.92 Å². The lowest BCUT2D eigenvalue weighted by atomic mass is 9.99. The first kappa shape index (κ1) is 24.6. The van der Waals surface area contributed by atoms with Crippen molar-refractivity contribution in [1.29, 1.82) is 0 Å². The molecule has 36 heavy (non-hydrogen) atoms. The summed E-state index contributed by atoms with van der Waals surface area (Å²) in [6, 6.07) is 10.4. The van der Waals surface area contributed by atoms with E-state index < -0.39 is 11.1 Å². The number of hydrogen-bond donors (Lipinski definition) is 0. The summed E-state index contributed by atoms with van der Waals surface area (Å²) >= 11 is 0.733. The van der Waals surface area contributed by atoms with Crippen molar-refractivity contribution in [2.75, 3.05) is 33.8 Å². The summed E-state index contributed by atoms with van der Waals surface area (Å²) in [6.45, 7) is 2.22. The van der Waals surface area contributed by atoms with E-state index >= 15 is 0 Å². The van der Waals surface area contributed by atoms with Crippen molar-refractivity contribution in [1.82, 2.24) is 9.80 Å². The number of esters is 1. The number of carbonyl (C=O) groups excluding carboxylic acids is 1. The molecule has 0 saturated carbocycles. The monoisotopic (exact) mass is 516 g/mol. The predicted octanol–water partition coefficient (Wildman–Crippen LogP) is 5.47. The van der Waals surface area contributed by atoms with Crippen LogP contribution in [0.1, 0.15) is 16.2 Å². The van der Waals surface area contributed by atoms with Crippen LogP contribution < -0.4 is 0 Å². The number of thiophene rings is 1. The number of hydrogen-bond acceptors (Lipinski definition) is 6. The van der Waals surface area contributed by atoms with Crippen molar-refractivity contribution >= 4 is 17.3 Å².